The first-order chi connectivity index (χ1) is 17.1. The Labute approximate surface area is 221 Å². The summed E-state index contributed by atoms with van der Waals surface area (Å²) in [7, 11) is 3.08. The average molecular weight is 532 g/mol. The standard InChI is InChI=1S/C26H29N3O7.ClH/c1-17-22(25(30)35-4)24(20-11-8-12-21(15-20)29(33)34)23(18(2)28(17)32)26(31)36-14-13-27(3)16-19-9-6-5-7-10-19;/h5-12,15,24,32H,13-14,16H2,1-4H3;1H. The molecule has 1 aliphatic rings. The predicted molar refractivity (Wildman–Crippen MR) is 138 cm³/mol. The van der Waals surface area contributed by atoms with E-state index in [1.165, 1.54) is 39.2 Å². The van der Waals surface area contributed by atoms with Gasteiger partial charge in [-0.1, -0.05) is 42.5 Å². The summed E-state index contributed by atoms with van der Waals surface area (Å²) in [6.07, 6.45) is 0. The molecule has 0 radical (unpaired) electrons. The van der Waals surface area contributed by atoms with Crippen molar-refractivity contribution in [2.45, 2.75) is 26.3 Å². The lowest BCUT2D eigenvalue weighted by Gasteiger charge is -2.34. The van der Waals surface area contributed by atoms with Gasteiger partial charge in [0.05, 0.1) is 40.5 Å². The van der Waals surface area contributed by atoms with E-state index >= 15 is 0 Å². The highest BCUT2D eigenvalue weighted by Gasteiger charge is 2.40. The molecule has 3 rings (SSSR count). The van der Waals surface area contributed by atoms with Gasteiger partial charge >= 0.3 is 11.9 Å². The molecule has 10 nitrogen and oxygen atoms in total. The molecule has 0 saturated heterocycles. The molecule has 2 aromatic carbocycles. The third-order valence-electron chi connectivity index (χ3n) is 6.03. The van der Waals surface area contributed by atoms with Crippen molar-refractivity contribution in [3.8, 4) is 0 Å². The van der Waals surface area contributed by atoms with Gasteiger partial charge in [0.2, 0.25) is 0 Å². The summed E-state index contributed by atoms with van der Waals surface area (Å²) in [5, 5.41) is 22.8. The Morgan fingerprint density at radius 1 is 1.05 bits per heavy atom. The highest BCUT2D eigenvalue weighted by atomic mass is 35.5. The number of hydroxylamine groups is 2. The van der Waals surface area contributed by atoms with Crippen molar-refractivity contribution >= 4 is 30.0 Å². The molecule has 1 unspecified atom stereocenters. The molecular formula is C26H30ClN3O7. The Bertz CT molecular complexity index is 1210. The molecule has 1 aliphatic heterocycles. The second-order valence-corrected chi connectivity index (χ2v) is 8.45. The van der Waals surface area contributed by atoms with Gasteiger partial charge in [0.15, 0.2) is 0 Å². The topological polar surface area (TPSA) is 122 Å². The summed E-state index contributed by atoms with van der Waals surface area (Å²) in [4.78, 5) is 38.9. The van der Waals surface area contributed by atoms with E-state index in [-0.39, 0.29) is 47.2 Å². The van der Waals surface area contributed by atoms with Crippen LogP contribution in [-0.4, -0.2) is 59.3 Å². The lowest BCUT2D eigenvalue weighted by Crippen LogP contribution is -2.34. The number of methoxy groups -OCH3 is 1. The molecule has 198 valence electrons. The summed E-state index contributed by atoms with van der Waals surface area (Å²) < 4.78 is 10.5. The maximum atomic E-state index is 13.3. The van der Waals surface area contributed by atoms with Gasteiger partial charge in [0.1, 0.15) is 6.61 Å². The highest BCUT2D eigenvalue weighted by Crippen LogP contribution is 2.42. The van der Waals surface area contributed by atoms with Crippen molar-refractivity contribution < 1.29 is 29.2 Å². The molecule has 1 atom stereocenters. The number of carbonyl (C=O) groups excluding carboxylic acids is 2. The first-order valence-electron chi connectivity index (χ1n) is 11.3. The molecule has 2 aromatic rings. The number of esters is 2. The molecule has 37 heavy (non-hydrogen) atoms. The normalized spacial score (nSPS) is 15.4. The van der Waals surface area contributed by atoms with E-state index in [1.54, 1.807) is 6.07 Å². The van der Waals surface area contributed by atoms with Crippen molar-refractivity contribution in [1.29, 1.82) is 0 Å². The third kappa shape index (κ3) is 6.73. The molecule has 0 aromatic heterocycles. The molecule has 1 N–H and O–H groups in total. The molecule has 0 saturated carbocycles. The van der Waals surface area contributed by atoms with Crippen molar-refractivity contribution in [2.24, 2.45) is 0 Å². The fourth-order valence-electron chi connectivity index (χ4n) is 4.18. The van der Waals surface area contributed by atoms with Crippen molar-refractivity contribution in [1.82, 2.24) is 9.96 Å². The molecule has 11 heteroatoms. The Morgan fingerprint density at radius 3 is 2.27 bits per heavy atom. The molecule has 0 bridgehead atoms. The summed E-state index contributed by atoms with van der Waals surface area (Å²) in [6, 6.07) is 15.5. The minimum Gasteiger partial charge on any atom is -0.466 e. The monoisotopic (exact) mass is 531 g/mol. The van der Waals surface area contributed by atoms with Crippen LogP contribution in [-0.2, 0) is 25.6 Å². The predicted octanol–water partition coefficient (Wildman–Crippen LogP) is 4.20. The number of nitrogens with zero attached hydrogens (tertiary/aromatic N) is 3. The van der Waals surface area contributed by atoms with Crippen molar-refractivity contribution in [2.75, 3.05) is 27.3 Å². The van der Waals surface area contributed by atoms with Crippen LogP contribution in [0.25, 0.3) is 0 Å². The summed E-state index contributed by atoms with van der Waals surface area (Å²) in [6.45, 7) is 4.17. The van der Waals surface area contributed by atoms with Crippen LogP contribution in [0.1, 0.15) is 30.9 Å². The minimum absolute atomic E-state index is 0. The number of carbonyl (C=O) groups is 2. The van der Waals surface area contributed by atoms with Crippen LogP contribution in [0.4, 0.5) is 5.69 Å². The molecular weight excluding hydrogens is 502 g/mol. The first kappa shape index (κ1) is 29.5. The van der Waals surface area contributed by atoms with E-state index in [9.17, 15) is 24.9 Å². The lowest BCUT2D eigenvalue weighted by molar-refractivity contribution is -0.384. The van der Waals surface area contributed by atoms with E-state index in [0.717, 1.165) is 10.6 Å². The number of benzene rings is 2. The van der Waals surface area contributed by atoms with Crippen molar-refractivity contribution in [3.63, 3.8) is 0 Å². The van der Waals surface area contributed by atoms with Gasteiger partial charge in [-0.05, 0) is 32.0 Å². The van der Waals surface area contributed by atoms with Gasteiger partial charge in [-0.15, -0.1) is 12.4 Å². The maximum absolute atomic E-state index is 13.3. The quantitative estimate of drug-likeness (QED) is 0.288. The zero-order valence-corrected chi connectivity index (χ0v) is 21.9. The minimum atomic E-state index is -1.03. The number of ether oxygens (including phenoxy) is 2. The number of nitro benzene ring substituents is 1. The Hall–Kier alpha value is -3.73. The van der Waals surface area contributed by atoms with Gasteiger partial charge in [-0.25, -0.2) is 14.7 Å². The third-order valence-corrected chi connectivity index (χ3v) is 6.03. The van der Waals surface area contributed by atoms with Crippen LogP contribution < -0.4 is 0 Å². The Morgan fingerprint density at radius 2 is 1.68 bits per heavy atom. The first-order valence-corrected chi connectivity index (χ1v) is 11.3. The van der Waals surface area contributed by atoms with Gasteiger partial charge in [0.25, 0.3) is 5.69 Å². The van der Waals surface area contributed by atoms with Crippen LogP contribution in [0.5, 0.6) is 0 Å². The number of hydrogen-bond donors (Lipinski definition) is 1. The average Bonchev–Trinajstić information content (AvgIpc) is 2.87. The van der Waals surface area contributed by atoms with Crippen LogP contribution in [0.2, 0.25) is 0 Å². The number of allylic oxidation sites excluding steroid dienone is 2. The zero-order valence-electron chi connectivity index (χ0n) is 21.0. The number of nitro groups is 1. The number of hydrogen-bond acceptors (Lipinski definition) is 9. The fourth-order valence-corrected chi connectivity index (χ4v) is 4.18. The largest absolute Gasteiger partial charge is 0.466 e. The van der Waals surface area contributed by atoms with Crippen LogP contribution in [0, 0.1) is 10.1 Å². The lowest BCUT2D eigenvalue weighted by atomic mass is 9.80. The van der Waals surface area contributed by atoms with E-state index in [1.807, 2.05) is 42.3 Å². The second kappa shape index (κ2) is 13.0. The van der Waals surface area contributed by atoms with E-state index < -0.39 is 22.8 Å². The number of non-ortho nitro benzene ring substituents is 1. The van der Waals surface area contributed by atoms with Gasteiger partial charge in [-0.2, -0.15) is 0 Å². The zero-order chi connectivity index (χ0) is 26.4. The van der Waals surface area contributed by atoms with Crippen LogP contribution in [0.3, 0.4) is 0 Å². The number of rotatable bonds is 9. The summed E-state index contributed by atoms with van der Waals surface area (Å²) in [5.41, 5.74) is 1.52. The SMILES string of the molecule is COC(=O)C1=C(C)N(O)C(C)=C(C(=O)OCCN(C)Cc2ccccc2)C1c1cccc([N+](=O)[O-])c1.Cl. The molecule has 0 amide bonds. The maximum Gasteiger partial charge on any atom is 0.336 e. The van der Waals surface area contributed by atoms with Crippen LogP contribution >= 0.6 is 12.4 Å². The van der Waals surface area contributed by atoms with E-state index in [4.69, 9.17) is 9.47 Å². The van der Waals surface area contributed by atoms with Gasteiger partial charge in [0, 0.05) is 25.2 Å². The smallest absolute Gasteiger partial charge is 0.336 e. The second-order valence-electron chi connectivity index (χ2n) is 8.45. The summed E-state index contributed by atoms with van der Waals surface area (Å²) >= 11 is 0. The highest BCUT2D eigenvalue weighted by molar-refractivity contribution is 5.99. The molecule has 0 fully saturated rings. The van der Waals surface area contributed by atoms with E-state index in [0.29, 0.717) is 18.7 Å². The molecule has 1 heterocycles. The van der Waals surface area contributed by atoms with Gasteiger partial charge in [-0.3, -0.25) is 20.2 Å². The number of halogens is 1. The Balaban J connectivity index is 0.00000481. The van der Waals surface area contributed by atoms with Gasteiger partial charge < -0.3 is 9.47 Å². The van der Waals surface area contributed by atoms with E-state index in [2.05, 4.69) is 0 Å². The molecule has 0 spiro atoms. The number of likely N-dealkylation sites (N-methyl/N-ethyl adjacent to an activating group) is 1. The fraction of sp³-hybridized carbons (Fsp3) is 0.308. The van der Waals surface area contributed by atoms with Crippen LogP contribution in [0.15, 0.2) is 77.1 Å². The molecule has 0 aliphatic carbocycles. The Kier molecular flexibility index (Phi) is 10.4. The summed E-state index contributed by atoms with van der Waals surface area (Å²) in [5.74, 6) is -2.55. The van der Waals surface area contributed by atoms with Crippen molar-refractivity contribution in [3.05, 3.63) is 98.4 Å².